The van der Waals surface area contributed by atoms with Gasteiger partial charge in [-0.2, -0.15) is 0 Å². The van der Waals surface area contributed by atoms with Crippen LogP contribution in [0.25, 0.3) is 0 Å². The van der Waals surface area contributed by atoms with Crippen LogP contribution in [0.4, 0.5) is 0 Å². The minimum absolute atomic E-state index is 0.132. The third-order valence-corrected chi connectivity index (χ3v) is 5.43. The van der Waals surface area contributed by atoms with E-state index in [4.69, 9.17) is 0 Å². The molecule has 1 amide bonds. The van der Waals surface area contributed by atoms with Crippen molar-refractivity contribution in [1.29, 1.82) is 0 Å². The van der Waals surface area contributed by atoms with Crippen LogP contribution in [-0.2, 0) is 15.6 Å². The summed E-state index contributed by atoms with van der Waals surface area (Å²) in [5.74, 6) is 1.26. The van der Waals surface area contributed by atoms with E-state index in [1.54, 1.807) is 0 Å². The van der Waals surface area contributed by atoms with Crippen LogP contribution in [0, 0.1) is 5.92 Å². The number of hydrogen-bond donors (Lipinski definition) is 1. The number of carbonyl (C=O) groups is 1. The number of carbonyl (C=O) groups excluding carboxylic acids is 1. The highest BCUT2D eigenvalue weighted by atomic mass is 32.2. The lowest BCUT2D eigenvalue weighted by atomic mass is 9.87. The second kappa shape index (κ2) is 7.27. The maximum absolute atomic E-state index is 11.8. The average Bonchev–Trinajstić information content (AvgIpc) is 2.28. The Labute approximate surface area is 114 Å². The van der Waals surface area contributed by atoms with Crippen LogP contribution in [0.5, 0.6) is 0 Å². The average molecular weight is 273 g/mol. The number of rotatable bonds is 5. The Hall–Kier alpha value is -0.380. The largest absolute Gasteiger partial charge is 0.355 e. The Bertz CT molecular complexity index is 291. The van der Waals surface area contributed by atoms with Crippen LogP contribution in [0.2, 0.25) is 0 Å². The van der Waals surface area contributed by atoms with Gasteiger partial charge < -0.3 is 5.32 Å². The van der Waals surface area contributed by atoms with Gasteiger partial charge in [0.25, 0.3) is 0 Å². The first kappa shape index (κ1) is 15.7. The zero-order valence-corrected chi connectivity index (χ0v) is 12.8. The van der Waals surface area contributed by atoms with Crippen molar-refractivity contribution in [2.45, 2.75) is 64.0 Å². The summed E-state index contributed by atoms with van der Waals surface area (Å²) in [6.07, 6.45) is 6.91. The normalized spacial score (nSPS) is 19.5. The van der Waals surface area contributed by atoms with Gasteiger partial charge in [0.2, 0.25) is 5.91 Å². The lowest BCUT2D eigenvalue weighted by Crippen LogP contribution is -2.33. The van der Waals surface area contributed by atoms with Crippen molar-refractivity contribution in [3.63, 3.8) is 0 Å². The van der Waals surface area contributed by atoms with Gasteiger partial charge >= 0.3 is 0 Å². The molecular weight excluding hydrogens is 246 g/mol. The molecule has 0 radical (unpaired) electrons. The van der Waals surface area contributed by atoms with Crippen LogP contribution in [-0.4, -0.2) is 27.2 Å². The molecule has 1 rings (SSSR count). The highest BCUT2D eigenvalue weighted by Gasteiger charge is 2.20. The molecule has 1 aliphatic rings. The molecule has 0 heterocycles. The monoisotopic (exact) mass is 273 g/mol. The number of amides is 1. The number of hydrogen-bond acceptors (Lipinski definition) is 2. The highest BCUT2D eigenvalue weighted by molar-refractivity contribution is 7.86. The first-order valence-electron chi connectivity index (χ1n) is 7.05. The molecular formula is C14H27NO2S. The molecule has 1 unspecified atom stereocenters. The molecule has 1 N–H and O–H groups in total. The topological polar surface area (TPSA) is 46.2 Å². The molecule has 3 nitrogen and oxygen atoms in total. The second-order valence-corrected chi connectivity index (χ2v) is 8.54. The minimum atomic E-state index is -0.875. The fourth-order valence-corrected chi connectivity index (χ4v) is 3.21. The molecule has 0 aliphatic heterocycles. The predicted octanol–water partition coefficient (Wildman–Crippen LogP) is 2.62. The summed E-state index contributed by atoms with van der Waals surface area (Å²) in [5.41, 5.74) is 0. The van der Waals surface area contributed by atoms with E-state index < -0.39 is 10.8 Å². The lowest BCUT2D eigenvalue weighted by Gasteiger charge is -2.21. The molecule has 0 aromatic rings. The molecule has 18 heavy (non-hydrogen) atoms. The van der Waals surface area contributed by atoms with Gasteiger partial charge in [0.1, 0.15) is 0 Å². The standard InChI is InChI=1S/C14H27NO2S/c1-14(2,3)18(17)10-9-15-13(16)11-12-7-5-4-6-8-12/h12H,4-11H2,1-3H3,(H,15,16). The van der Waals surface area contributed by atoms with Crippen LogP contribution in [0.3, 0.4) is 0 Å². The first-order chi connectivity index (χ1) is 8.39. The molecule has 0 aromatic carbocycles. The zero-order valence-electron chi connectivity index (χ0n) is 12.0. The van der Waals surface area contributed by atoms with E-state index in [1.807, 2.05) is 20.8 Å². The van der Waals surface area contributed by atoms with Crippen molar-refractivity contribution in [2.75, 3.05) is 12.3 Å². The smallest absolute Gasteiger partial charge is 0.220 e. The van der Waals surface area contributed by atoms with Crippen molar-refractivity contribution in [2.24, 2.45) is 5.92 Å². The van der Waals surface area contributed by atoms with Crippen LogP contribution >= 0.6 is 0 Å². The Morgan fingerprint density at radius 2 is 1.83 bits per heavy atom. The van der Waals surface area contributed by atoms with Crippen LogP contribution in [0.1, 0.15) is 59.3 Å². The van der Waals surface area contributed by atoms with E-state index in [0.717, 1.165) is 0 Å². The maximum Gasteiger partial charge on any atom is 0.220 e. The van der Waals surface area contributed by atoms with Crippen LogP contribution < -0.4 is 5.32 Å². The SMILES string of the molecule is CC(C)(C)S(=O)CCNC(=O)CC1CCCCC1. The summed E-state index contributed by atoms with van der Waals surface area (Å²) in [4.78, 5) is 11.7. The Kier molecular flexibility index (Phi) is 6.33. The molecule has 106 valence electrons. The van der Waals surface area contributed by atoms with Gasteiger partial charge in [0.05, 0.1) is 0 Å². The lowest BCUT2D eigenvalue weighted by molar-refractivity contribution is -0.122. The molecule has 0 spiro atoms. The van der Waals surface area contributed by atoms with Crippen molar-refractivity contribution < 1.29 is 9.00 Å². The van der Waals surface area contributed by atoms with E-state index in [0.29, 0.717) is 24.6 Å². The van der Waals surface area contributed by atoms with Crippen molar-refractivity contribution in [3.8, 4) is 0 Å². The maximum atomic E-state index is 11.8. The van der Waals surface area contributed by atoms with Crippen LogP contribution in [0.15, 0.2) is 0 Å². The highest BCUT2D eigenvalue weighted by Crippen LogP contribution is 2.25. The van der Waals surface area contributed by atoms with Gasteiger partial charge in [0, 0.05) is 34.3 Å². The molecule has 0 bridgehead atoms. The Balaban J connectivity index is 2.15. The summed E-state index contributed by atoms with van der Waals surface area (Å²) >= 11 is 0. The van der Waals surface area contributed by atoms with Crippen molar-refractivity contribution in [1.82, 2.24) is 5.32 Å². The molecule has 0 aromatic heterocycles. The fraction of sp³-hybridized carbons (Fsp3) is 0.929. The van der Waals surface area contributed by atoms with E-state index >= 15 is 0 Å². The molecule has 4 heteroatoms. The van der Waals surface area contributed by atoms with Crippen molar-refractivity contribution >= 4 is 16.7 Å². The molecule has 1 atom stereocenters. The predicted molar refractivity (Wildman–Crippen MR) is 77.0 cm³/mol. The van der Waals surface area contributed by atoms with Gasteiger partial charge in [0.15, 0.2) is 0 Å². The van der Waals surface area contributed by atoms with E-state index in [9.17, 15) is 9.00 Å². The van der Waals surface area contributed by atoms with Gasteiger partial charge in [-0.15, -0.1) is 0 Å². The van der Waals surface area contributed by atoms with Gasteiger partial charge in [-0.05, 0) is 39.5 Å². The van der Waals surface area contributed by atoms with Crippen molar-refractivity contribution in [3.05, 3.63) is 0 Å². The summed E-state index contributed by atoms with van der Waals surface area (Å²) in [7, 11) is -0.875. The third kappa shape index (κ3) is 5.98. The summed E-state index contributed by atoms with van der Waals surface area (Å²) in [5, 5.41) is 2.90. The summed E-state index contributed by atoms with van der Waals surface area (Å²) in [6, 6.07) is 0. The Morgan fingerprint density at radius 1 is 1.22 bits per heavy atom. The quantitative estimate of drug-likeness (QED) is 0.837. The third-order valence-electron chi connectivity index (χ3n) is 3.49. The van der Waals surface area contributed by atoms with Gasteiger partial charge in [-0.1, -0.05) is 19.3 Å². The van der Waals surface area contributed by atoms with E-state index in [-0.39, 0.29) is 10.7 Å². The van der Waals surface area contributed by atoms with E-state index in [2.05, 4.69) is 5.32 Å². The summed E-state index contributed by atoms with van der Waals surface area (Å²) in [6.45, 7) is 6.43. The molecule has 1 aliphatic carbocycles. The Morgan fingerprint density at radius 3 is 2.39 bits per heavy atom. The zero-order chi connectivity index (χ0) is 13.6. The first-order valence-corrected chi connectivity index (χ1v) is 8.36. The number of nitrogens with one attached hydrogen (secondary N) is 1. The molecule has 0 saturated heterocycles. The fourth-order valence-electron chi connectivity index (χ4n) is 2.31. The van der Waals surface area contributed by atoms with Gasteiger partial charge in [-0.3, -0.25) is 9.00 Å². The summed E-state index contributed by atoms with van der Waals surface area (Å²) < 4.78 is 11.6. The second-order valence-electron chi connectivity index (χ2n) is 6.22. The van der Waals surface area contributed by atoms with E-state index in [1.165, 1.54) is 32.1 Å². The molecule has 1 fully saturated rings. The molecule has 1 saturated carbocycles. The van der Waals surface area contributed by atoms with Gasteiger partial charge in [-0.25, -0.2) is 0 Å². The minimum Gasteiger partial charge on any atom is -0.355 e.